The first-order valence-corrected chi connectivity index (χ1v) is 15.6. The monoisotopic (exact) mass is 656 g/mol. The second-order valence-electron chi connectivity index (χ2n) is 10.2. The number of benzene rings is 2. The Morgan fingerprint density at radius 2 is 1.84 bits per heavy atom. The van der Waals surface area contributed by atoms with Crippen LogP contribution in [-0.2, 0) is 16.8 Å². The zero-order valence-electron chi connectivity index (χ0n) is 24.4. The van der Waals surface area contributed by atoms with Crippen molar-refractivity contribution in [3.8, 4) is 17.3 Å². The molecule has 0 saturated heterocycles. The Balaban J connectivity index is 1.65. The third kappa shape index (κ3) is 6.59. The molecule has 230 valence electrons. The highest BCUT2D eigenvalue weighted by Crippen LogP contribution is 2.39. The van der Waals surface area contributed by atoms with Crippen LogP contribution in [0.15, 0.2) is 66.9 Å². The van der Waals surface area contributed by atoms with Crippen LogP contribution in [0, 0.1) is 0 Å². The normalized spacial score (nSPS) is 15.2. The number of methoxy groups -OCH3 is 1. The molecule has 0 spiro atoms. The van der Waals surface area contributed by atoms with E-state index < -0.39 is 22.3 Å². The van der Waals surface area contributed by atoms with Gasteiger partial charge in [0.25, 0.3) is 10.2 Å². The summed E-state index contributed by atoms with van der Waals surface area (Å²) in [5, 5.41) is 8.13. The number of halogens is 2. The molecule has 1 unspecified atom stereocenters. The quantitative estimate of drug-likeness (QED) is 0.262. The van der Waals surface area contributed by atoms with Crippen molar-refractivity contribution in [1.82, 2.24) is 28.7 Å². The summed E-state index contributed by atoms with van der Waals surface area (Å²) in [6.45, 7) is 1.67. The number of hydrogen-bond acceptors (Lipinski definition) is 7. The van der Waals surface area contributed by atoms with Crippen LogP contribution in [0.1, 0.15) is 35.5 Å². The van der Waals surface area contributed by atoms with Gasteiger partial charge >= 0.3 is 6.09 Å². The van der Waals surface area contributed by atoms with Crippen molar-refractivity contribution < 1.29 is 22.7 Å². The lowest BCUT2D eigenvalue weighted by atomic mass is 10.0. The molecule has 1 aliphatic heterocycles. The van der Waals surface area contributed by atoms with Gasteiger partial charge in [0.1, 0.15) is 5.75 Å². The van der Waals surface area contributed by atoms with E-state index in [1.165, 1.54) is 18.4 Å². The molecule has 0 fully saturated rings. The molecule has 0 aliphatic carbocycles. The van der Waals surface area contributed by atoms with Crippen molar-refractivity contribution in [2.75, 3.05) is 27.7 Å². The number of carbonyl (C=O) groups is 1. The highest BCUT2D eigenvalue weighted by Gasteiger charge is 2.37. The molecule has 3 heterocycles. The van der Waals surface area contributed by atoms with Crippen LogP contribution >= 0.6 is 23.2 Å². The van der Waals surface area contributed by atoms with Gasteiger partial charge in [-0.15, -0.1) is 5.10 Å². The maximum Gasteiger partial charge on any atom is 0.414 e. The summed E-state index contributed by atoms with van der Waals surface area (Å²) < 4.78 is 41.8. The van der Waals surface area contributed by atoms with Gasteiger partial charge in [0.2, 0.25) is 5.88 Å². The van der Waals surface area contributed by atoms with Crippen LogP contribution in [0.5, 0.6) is 11.6 Å². The van der Waals surface area contributed by atoms with Crippen LogP contribution in [0.4, 0.5) is 4.79 Å². The van der Waals surface area contributed by atoms with Gasteiger partial charge in [-0.05, 0) is 66.6 Å². The predicted molar refractivity (Wildman–Crippen MR) is 169 cm³/mol. The summed E-state index contributed by atoms with van der Waals surface area (Å²) in [5.41, 5.74) is 3.41. The Hall–Kier alpha value is -3.94. The van der Waals surface area contributed by atoms with Crippen molar-refractivity contribution >= 4 is 51.2 Å². The summed E-state index contributed by atoms with van der Waals surface area (Å²) in [6, 6.07) is 17.2. The van der Waals surface area contributed by atoms with E-state index in [0.717, 1.165) is 9.87 Å². The molecule has 4 aromatic rings. The number of aromatic nitrogens is 3. The molecule has 0 radical (unpaired) electrons. The minimum absolute atomic E-state index is 0.0127. The Bertz CT molecular complexity index is 1810. The first-order valence-electron chi connectivity index (χ1n) is 13.5. The Kier molecular flexibility index (Phi) is 9.28. The summed E-state index contributed by atoms with van der Waals surface area (Å²) in [7, 11) is 0.604. The van der Waals surface area contributed by atoms with E-state index in [1.54, 1.807) is 67.4 Å². The number of rotatable bonds is 8. The van der Waals surface area contributed by atoms with Crippen LogP contribution in [0.3, 0.4) is 0 Å². The molecular formula is C30H30Cl2N6O5S. The van der Waals surface area contributed by atoms with Gasteiger partial charge in [0, 0.05) is 38.4 Å². The van der Waals surface area contributed by atoms with Crippen LogP contribution in [-0.4, -0.2) is 65.6 Å². The maximum atomic E-state index is 13.4. The Morgan fingerprint density at radius 3 is 2.48 bits per heavy atom. The van der Waals surface area contributed by atoms with Crippen LogP contribution in [0.2, 0.25) is 10.0 Å². The van der Waals surface area contributed by atoms with Gasteiger partial charge in [0.15, 0.2) is 0 Å². The molecule has 0 bridgehead atoms. The molecule has 1 N–H and O–H groups in total. The van der Waals surface area contributed by atoms with Crippen molar-refractivity contribution in [2.24, 2.45) is 0 Å². The van der Waals surface area contributed by atoms with Crippen molar-refractivity contribution in [3.05, 3.63) is 99.4 Å². The molecule has 44 heavy (non-hydrogen) atoms. The molecule has 5 rings (SSSR count). The first kappa shape index (κ1) is 31.5. The average molecular weight is 658 g/mol. The number of pyridine rings is 1. The molecule has 1 amide bonds. The van der Waals surface area contributed by atoms with Gasteiger partial charge in [-0.3, -0.25) is 4.98 Å². The van der Waals surface area contributed by atoms with Gasteiger partial charge in [-0.2, -0.15) is 17.0 Å². The predicted octanol–water partition coefficient (Wildman–Crippen LogP) is 5.59. The third-order valence-electron chi connectivity index (χ3n) is 6.97. The summed E-state index contributed by atoms with van der Waals surface area (Å²) >= 11 is 12.8. The van der Waals surface area contributed by atoms with E-state index in [1.807, 2.05) is 24.3 Å². The zero-order valence-corrected chi connectivity index (χ0v) is 26.7. The fourth-order valence-electron chi connectivity index (χ4n) is 4.72. The number of carbonyl (C=O) groups excluding carboxylic acids is 1. The molecule has 11 nitrogen and oxygen atoms in total. The van der Waals surface area contributed by atoms with E-state index in [-0.39, 0.29) is 19.0 Å². The van der Waals surface area contributed by atoms with Gasteiger partial charge in [-0.25, -0.2) is 9.48 Å². The Morgan fingerprint density at radius 1 is 1.09 bits per heavy atom. The fraction of sp³-hybridized carbons (Fsp3) is 0.233. The van der Waals surface area contributed by atoms with E-state index in [2.05, 4.69) is 15.4 Å². The highest BCUT2D eigenvalue weighted by molar-refractivity contribution is 7.86. The Labute approximate surface area is 265 Å². The van der Waals surface area contributed by atoms with E-state index in [4.69, 9.17) is 32.7 Å². The second kappa shape index (κ2) is 13.0. The van der Waals surface area contributed by atoms with Crippen molar-refractivity contribution in [1.29, 1.82) is 0 Å². The number of nitrogens with one attached hydrogen (secondary N) is 1. The lowest BCUT2D eigenvalue weighted by Gasteiger charge is -2.31. The largest absolute Gasteiger partial charge is 0.497 e. The number of amides is 1. The zero-order chi connectivity index (χ0) is 31.6. The molecule has 1 aliphatic rings. The number of nitrogens with zero attached hydrogens (tertiary/aromatic N) is 5. The first-order chi connectivity index (χ1) is 21.0. The van der Waals surface area contributed by atoms with Gasteiger partial charge in [0.05, 0.1) is 40.8 Å². The lowest BCUT2D eigenvalue weighted by Crippen LogP contribution is -2.42. The number of ether oxygens (including phenoxy) is 2. The summed E-state index contributed by atoms with van der Waals surface area (Å²) in [6.07, 6.45) is 2.69. The topological polar surface area (TPSA) is 119 Å². The molecule has 14 heteroatoms. The second-order valence-corrected chi connectivity index (χ2v) is 13.1. The van der Waals surface area contributed by atoms with E-state index in [0.29, 0.717) is 44.0 Å². The molecule has 1 atom stereocenters. The van der Waals surface area contributed by atoms with Crippen LogP contribution < -0.4 is 14.8 Å². The average Bonchev–Trinajstić information content (AvgIpc) is 3.35. The lowest BCUT2D eigenvalue weighted by molar-refractivity contribution is 0.194. The fourth-order valence-corrected chi connectivity index (χ4v) is 6.26. The summed E-state index contributed by atoms with van der Waals surface area (Å²) in [5.74, 6) is 0.601. The SMILES string of the molecule is COc1ccc(/C=C2\CN(S(=O)(=O)N(C)C)Cc3c(OC(=O)NC(C)c4ccccn4)nn(-c4ccc(Cl)cc4Cl)c32)cc1. The van der Waals surface area contributed by atoms with E-state index in [9.17, 15) is 13.2 Å². The van der Waals surface area contributed by atoms with Crippen LogP contribution in [0.25, 0.3) is 17.3 Å². The highest BCUT2D eigenvalue weighted by atomic mass is 35.5. The standard InChI is InChI=1S/C30H30Cl2N6O5S/c1-19(26-7-5-6-14-33-26)34-30(39)43-29-24-18-37(44(40,41)36(2)3)17-21(15-20-8-11-23(42-4)12-9-20)28(24)38(35-29)27-13-10-22(31)16-25(27)32/h5-16,19H,17-18H2,1-4H3,(H,34,39)/b21-15+. The van der Waals surface area contributed by atoms with Gasteiger partial charge < -0.3 is 14.8 Å². The smallest absolute Gasteiger partial charge is 0.414 e. The minimum atomic E-state index is -3.89. The van der Waals surface area contributed by atoms with Crippen molar-refractivity contribution in [3.63, 3.8) is 0 Å². The van der Waals surface area contributed by atoms with E-state index >= 15 is 0 Å². The third-order valence-corrected chi connectivity index (χ3v) is 9.34. The molecular weight excluding hydrogens is 627 g/mol. The number of hydrogen-bond donors (Lipinski definition) is 1. The van der Waals surface area contributed by atoms with Gasteiger partial charge in [-0.1, -0.05) is 41.4 Å². The molecule has 2 aromatic heterocycles. The maximum absolute atomic E-state index is 13.4. The van der Waals surface area contributed by atoms with Crippen molar-refractivity contribution in [2.45, 2.75) is 19.5 Å². The minimum Gasteiger partial charge on any atom is -0.497 e. The summed E-state index contributed by atoms with van der Waals surface area (Å²) in [4.78, 5) is 17.4. The molecule has 2 aromatic carbocycles. The number of fused-ring (bicyclic) bond motifs is 1. The molecule has 0 saturated carbocycles.